The van der Waals surface area contributed by atoms with Gasteiger partial charge in [0.25, 0.3) is 0 Å². The average molecular weight is 616 g/mol. The highest BCUT2D eigenvalue weighted by Gasteiger charge is 2.21. The predicted octanol–water partition coefficient (Wildman–Crippen LogP) is 5.95. The Hall–Kier alpha value is -5.25. The Morgan fingerprint density at radius 2 is 1.80 bits per heavy atom. The first-order valence-electron chi connectivity index (χ1n) is 15.0. The zero-order valence-electron chi connectivity index (χ0n) is 25.1. The summed E-state index contributed by atoms with van der Waals surface area (Å²) in [5.41, 5.74) is 12.6. The predicted molar refractivity (Wildman–Crippen MR) is 178 cm³/mol. The van der Waals surface area contributed by atoms with E-state index in [2.05, 4.69) is 58.4 Å². The van der Waals surface area contributed by atoms with E-state index >= 15 is 0 Å². The van der Waals surface area contributed by atoms with Crippen molar-refractivity contribution in [3.63, 3.8) is 0 Å². The first-order chi connectivity index (χ1) is 22.1. The maximum atomic E-state index is 9.06. The van der Waals surface area contributed by atoms with Gasteiger partial charge in [0.2, 0.25) is 5.82 Å². The van der Waals surface area contributed by atoms with Crippen LogP contribution in [0.2, 0.25) is 0 Å². The van der Waals surface area contributed by atoms with Crippen molar-refractivity contribution in [1.29, 1.82) is 5.26 Å². The van der Waals surface area contributed by atoms with Crippen LogP contribution in [-0.4, -0.2) is 57.9 Å². The minimum atomic E-state index is 0.182. The van der Waals surface area contributed by atoms with Crippen molar-refractivity contribution in [3.05, 3.63) is 90.0 Å². The molecule has 6 heterocycles. The largest absolute Gasteiger partial charge is 0.383 e. The topological polar surface area (TPSA) is 147 Å². The molecule has 0 unspecified atom stereocenters. The van der Waals surface area contributed by atoms with Crippen molar-refractivity contribution in [2.45, 2.75) is 39.3 Å². The number of piperidine rings is 1. The number of anilines is 2. The molecule has 45 heavy (non-hydrogen) atoms. The van der Waals surface area contributed by atoms with Crippen LogP contribution >= 0.6 is 11.5 Å². The third-order valence-corrected chi connectivity index (χ3v) is 8.19. The summed E-state index contributed by atoms with van der Waals surface area (Å²) >= 11 is 1.40. The molecular formula is C33H33N11S. The zero-order valence-corrected chi connectivity index (χ0v) is 25.9. The molecule has 0 saturated carbocycles. The molecule has 11 nitrogen and oxygen atoms in total. The average Bonchev–Trinajstić information content (AvgIpc) is 3.76. The minimum absolute atomic E-state index is 0.182. The van der Waals surface area contributed by atoms with E-state index in [0.29, 0.717) is 23.5 Å². The number of fused-ring (bicyclic) bond motifs is 1. The SMILES string of the molecule is CC.N#Cc1nccc(NC2CCN(Cc3ccc(-n4c(-c5cccnc5N)nc5ccc(-c6cnsc6)nc54)cc3)CC2)n1. The summed E-state index contributed by atoms with van der Waals surface area (Å²) < 4.78 is 6.30. The van der Waals surface area contributed by atoms with Gasteiger partial charge in [-0.05, 0) is 72.4 Å². The molecule has 3 N–H and O–H groups in total. The number of pyridine rings is 2. The fourth-order valence-corrected chi connectivity index (χ4v) is 5.96. The van der Waals surface area contributed by atoms with E-state index < -0.39 is 0 Å². The van der Waals surface area contributed by atoms with Gasteiger partial charge in [-0.3, -0.25) is 9.47 Å². The number of hydrogen-bond acceptors (Lipinski definition) is 11. The Labute approximate surface area is 265 Å². The number of rotatable bonds is 7. The van der Waals surface area contributed by atoms with Gasteiger partial charge >= 0.3 is 0 Å². The summed E-state index contributed by atoms with van der Waals surface area (Å²) in [4.78, 5) is 24.9. The van der Waals surface area contributed by atoms with Crippen LogP contribution in [0.25, 0.3) is 39.5 Å². The zero-order chi connectivity index (χ0) is 31.2. The number of nitrogen functional groups attached to an aromatic ring is 1. The summed E-state index contributed by atoms with van der Waals surface area (Å²) in [6.45, 7) is 6.80. The summed E-state index contributed by atoms with van der Waals surface area (Å²) in [5.74, 6) is 2.00. The number of imidazole rings is 1. The van der Waals surface area contributed by atoms with E-state index in [-0.39, 0.29) is 5.82 Å². The van der Waals surface area contributed by atoms with E-state index in [1.54, 1.807) is 12.4 Å². The molecule has 0 aliphatic carbocycles. The lowest BCUT2D eigenvalue weighted by atomic mass is 10.0. The molecule has 0 bridgehead atoms. The van der Waals surface area contributed by atoms with E-state index in [0.717, 1.165) is 66.1 Å². The summed E-state index contributed by atoms with van der Waals surface area (Å²) in [5, 5.41) is 14.5. The Balaban J connectivity index is 0.00000175. The van der Waals surface area contributed by atoms with Gasteiger partial charge in [0.05, 0.1) is 17.5 Å². The van der Waals surface area contributed by atoms with E-state index in [9.17, 15) is 0 Å². The Kier molecular flexibility index (Phi) is 9.00. The number of aromatic nitrogens is 7. The summed E-state index contributed by atoms with van der Waals surface area (Å²) in [6.07, 6.45) is 7.11. The molecular weight excluding hydrogens is 583 g/mol. The van der Waals surface area contributed by atoms with Gasteiger partial charge in [-0.2, -0.15) is 5.26 Å². The van der Waals surface area contributed by atoms with Crippen LogP contribution in [0.15, 0.2) is 78.6 Å². The molecule has 0 atom stereocenters. The third kappa shape index (κ3) is 6.50. The molecule has 1 aliphatic rings. The van der Waals surface area contributed by atoms with Gasteiger partial charge in [0, 0.05) is 54.7 Å². The van der Waals surface area contributed by atoms with Gasteiger partial charge in [-0.1, -0.05) is 26.0 Å². The molecule has 1 fully saturated rings. The molecule has 7 rings (SSSR count). The van der Waals surface area contributed by atoms with Crippen molar-refractivity contribution in [2.75, 3.05) is 24.1 Å². The van der Waals surface area contributed by atoms with Crippen molar-refractivity contribution in [2.24, 2.45) is 0 Å². The smallest absolute Gasteiger partial charge is 0.234 e. The fraction of sp³-hybridized carbons (Fsp3) is 0.242. The molecule has 6 aromatic rings. The van der Waals surface area contributed by atoms with Gasteiger partial charge < -0.3 is 11.1 Å². The monoisotopic (exact) mass is 615 g/mol. The number of benzene rings is 1. The molecule has 0 spiro atoms. The van der Waals surface area contributed by atoms with Crippen LogP contribution in [0.3, 0.4) is 0 Å². The standard InChI is InChI=1S/C31H27N11S.C2H6/c32-16-28-34-13-9-27(40-28)37-22-10-14-41(15-11-22)18-20-3-5-23(6-4-20)42-30(24-2-1-12-35-29(24)33)39-26-8-7-25(38-31(26)42)21-17-36-43-19-21;1-2/h1-9,12-13,17,19,22H,10-11,14-15,18H2,(H2,33,35)(H,34,37,40);1-2H3. The normalized spacial score (nSPS) is 13.6. The molecule has 226 valence electrons. The second-order valence-corrected chi connectivity index (χ2v) is 11.1. The maximum Gasteiger partial charge on any atom is 0.234 e. The van der Waals surface area contributed by atoms with Gasteiger partial charge in [0.1, 0.15) is 23.2 Å². The first-order valence-corrected chi connectivity index (χ1v) is 15.8. The lowest BCUT2D eigenvalue weighted by Crippen LogP contribution is -2.38. The van der Waals surface area contributed by atoms with Crippen LogP contribution in [0.4, 0.5) is 11.6 Å². The van der Waals surface area contributed by atoms with Crippen LogP contribution in [0.1, 0.15) is 38.1 Å². The minimum Gasteiger partial charge on any atom is -0.383 e. The second-order valence-electron chi connectivity index (χ2n) is 10.4. The number of likely N-dealkylation sites (tertiary alicyclic amines) is 1. The number of hydrogen-bond donors (Lipinski definition) is 2. The first kappa shape index (κ1) is 29.8. The summed E-state index contributed by atoms with van der Waals surface area (Å²) in [7, 11) is 0. The molecule has 5 aromatic heterocycles. The Morgan fingerprint density at radius 3 is 2.53 bits per heavy atom. The molecule has 0 amide bonds. The van der Waals surface area contributed by atoms with Crippen molar-refractivity contribution in [3.8, 4) is 34.4 Å². The van der Waals surface area contributed by atoms with Crippen molar-refractivity contribution < 1.29 is 0 Å². The molecule has 12 heteroatoms. The van der Waals surface area contributed by atoms with E-state index in [4.69, 9.17) is 21.0 Å². The summed E-state index contributed by atoms with van der Waals surface area (Å²) in [6, 6.07) is 20.4. The lowest BCUT2D eigenvalue weighted by Gasteiger charge is -2.32. The Bertz CT molecular complexity index is 1920. The highest BCUT2D eigenvalue weighted by molar-refractivity contribution is 7.03. The van der Waals surface area contributed by atoms with E-state index in [1.807, 2.05) is 61.8 Å². The Morgan fingerprint density at radius 1 is 0.978 bits per heavy atom. The third-order valence-electron chi connectivity index (χ3n) is 7.61. The lowest BCUT2D eigenvalue weighted by molar-refractivity contribution is 0.211. The van der Waals surface area contributed by atoms with E-state index in [1.165, 1.54) is 17.1 Å². The highest BCUT2D eigenvalue weighted by atomic mass is 32.1. The molecule has 0 radical (unpaired) electrons. The maximum absolute atomic E-state index is 9.06. The molecule has 1 aromatic carbocycles. The van der Waals surface area contributed by atoms with Gasteiger partial charge in [-0.25, -0.2) is 29.3 Å². The quantitative estimate of drug-likeness (QED) is 0.221. The number of nitrogens with zero attached hydrogens (tertiary/aromatic N) is 9. The molecule has 1 saturated heterocycles. The number of nitrogens with one attached hydrogen (secondary N) is 1. The highest BCUT2D eigenvalue weighted by Crippen LogP contribution is 2.32. The van der Waals surface area contributed by atoms with Crippen molar-refractivity contribution in [1.82, 2.24) is 38.8 Å². The van der Waals surface area contributed by atoms with Gasteiger partial charge in [-0.15, -0.1) is 0 Å². The van der Waals surface area contributed by atoms with Crippen molar-refractivity contribution >= 4 is 34.3 Å². The molecule has 1 aliphatic heterocycles. The van der Waals surface area contributed by atoms with Crippen LogP contribution in [-0.2, 0) is 6.54 Å². The number of nitrogens with two attached hydrogens (primary N) is 1. The number of nitriles is 1. The van der Waals surface area contributed by atoms with Crippen LogP contribution in [0, 0.1) is 11.3 Å². The van der Waals surface area contributed by atoms with Crippen LogP contribution < -0.4 is 11.1 Å². The van der Waals surface area contributed by atoms with Crippen LogP contribution in [0.5, 0.6) is 0 Å². The fourth-order valence-electron chi connectivity index (χ4n) is 5.43. The van der Waals surface area contributed by atoms with Gasteiger partial charge in [0.15, 0.2) is 11.5 Å². The second kappa shape index (κ2) is 13.6.